The molecule has 0 saturated carbocycles. The zero-order chi connectivity index (χ0) is 16.2. The van der Waals surface area contributed by atoms with Crippen LogP contribution in [0.2, 0.25) is 0 Å². The fourth-order valence-electron chi connectivity index (χ4n) is 1.81. The predicted molar refractivity (Wildman–Crippen MR) is 78.2 cm³/mol. The second-order valence-corrected chi connectivity index (χ2v) is 5.70. The van der Waals surface area contributed by atoms with Gasteiger partial charge < -0.3 is 9.63 Å². The van der Waals surface area contributed by atoms with E-state index in [2.05, 4.69) is 10.5 Å². The van der Waals surface area contributed by atoms with Crippen molar-refractivity contribution in [2.75, 3.05) is 18.4 Å². The van der Waals surface area contributed by atoms with E-state index < -0.39 is 11.5 Å². The second-order valence-electron chi connectivity index (χ2n) is 5.70. The average molecular weight is 297 g/mol. The minimum absolute atomic E-state index is 0.0342. The molecular weight excluding hydrogens is 274 g/mol. The van der Waals surface area contributed by atoms with Crippen LogP contribution in [0, 0.1) is 0 Å². The van der Waals surface area contributed by atoms with Gasteiger partial charge in [-0.1, -0.05) is 25.9 Å². The third-order valence-corrected chi connectivity index (χ3v) is 3.41. The summed E-state index contributed by atoms with van der Waals surface area (Å²) in [4.78, 5) is 24.8. The van der Waals surface area contributed by atoms with E-state index in [0.29, 0.717) is 6.54 Å². The van der Waals surface area contributed by atoms with E-state index in [0.717, 1.165) is 5.69 Å². The summed E-state index contributed by atoms with van der Waals surface area (Å²) in [5, 5.41) is 15.6. The van der Waals surface area contributed by atoms with Gasteiger partial charge in [-0.2, -0.15) is 0 Å². The first-order valence-corrected chi connectivity index (χ1v) is 6.93. The number of anilines is 1. The Kier molecular flexibility index (Phi) is 5.48. The van der Waals surface area contributed by atoms with Crippen molar-refractivity contribution >= 4 is 17.8 Å². The van der Waals surface area contributed by atoms with E-state index in [9.17, 15) is 14.7 Å². The highest BCUT2D eigenvalue weighted by atomic mass is 16.5. The molecule has 118 valence electrons. The smallest absolute Gasteiger partial charge is 0.323 e. The van der Waals surface area contributed by atoms with Crippen molar-refractivity contribution in [3.05, 3.63) is 11.8 Å². The molecule has 1 aromatic rings. The number of carbonyl (C=O) groups excluding carboxylic acids is 1. The van der Waals surface area contributed by atoms with Crippen LogP contribution in [0.15, 0.2) is 10.6 Å². The lowest BCUT2D eigenvalue weighted by molar-refractivity contribution is -0.149. The Hall–Kier alpha value is -1.89. The van der Waals surface area contributed by atoms with Crippen LogP contribution in [0.1, 0.15) is 46.2 Å². The Labute approximate surface area is 124 Å². The van der Waals surface area contributed by atoms with Crippen LogP contribution in [-0.4, -0.2) is 45.7 Å². The number of nitrogens with one attached hydrogen (secondary N) is 1. The second kappa shape index (κ2) is 6.71. The predicted octanol–water partition coefficient (Wildman–Crippen LogP) is 1.92. The van der Waals surface area contributed by atoms with Gasteiger partial charge in [-0.3, -0.25) is 19.8 Å². The quantitative estimate of drug-likeness (QED) is 0.798. The van der Waals surface area contributed by atoms with Gasteiger partial charge in [0.05, 0.1) is 12.2 Å². The molecule has 0 radical (unpaired) electrons. The normalized spacial score (nSPS) is 12.0. The van der Waals surface area contributed by atoms with Crippen LogP contribution >= 0.6 is 0 Å². The van der Waals surface area contributed by atoms with Gasteiger partial charge in [0, 0.05) is 6.07 Å². The standard InChI is InChI=1S/C14H23N3O4/c1-6-17(14(4,5)13(19)20)8-11(18)15-12-7-10(9(2)3)16-21-12/h7,9H,6,8H2,1-5H3,(H,15,18)(H,19,20). The molecule has 0 atom stereocenters. The summed E-state index contributed by atoms with van der Waals surface area (Å²) in [5.74, 6) is -0.832. The van der Waals surface area contributed by atoms with E-state index in [1.807, 2.05) is 20.8 Å². The van der Waals surface area contributed by atoms with E-state index in [4.69, 9.17) is 4.52 Å². The van der Waals surface area contributed by atoms with Gasteiger partial charge in [0.25, 0.3) is 0 Å². The number of aliphatic carboxylic acids is 1. The Morgan fingerprint density at radius 1 is 1.48 bits per heavy atom. The van der Waals surface area contributed by atoms with E-state index in [1.165, 1.54) is 0 Å². The number of hydrogen-bond acceptors (Lipinski definition) is 5. The third kappa shape index (κ3) is 4.29. The highest BCUT2D eigenvalue weighted by Gasteiger charge is 2.34. The monoisotopic (exact) mass is 297 g/mol. The lowest BCUT2D eigenvalue weighted by Gasteiger charge is -2.33. The molecule has 0 saturated heterocycles. The molecule has 7 nitrogen and oxygen atoms in total. The van der Waals surface area contributed by atoms with Crippen LogP contribution in [0.3, 0.4) is 0 Å². The molecule has 7 heteroatoms. The number of amides is 1. The summed E-state index contributed by atoms with van der Waals surface area (Å²) in [6.07, 6.45) is 0. The maximum atomic E-state index is 12.0. The Bertz CT molecular complexity index is 508. The molecule has 1 rings (SSSR count). The van der Waals surface area contributed by atoms with Crippen LogP contribution < -0.4 is 5.32 Å². The van der Waals surface area contributed by atoms with Crippen LogP contribution in [0.25, 0.3) is 0 Å². The molecule has 1 aromatic heterocycles. The molecule has 0 aliphatic heterocycles. The summed E-state index contributed by atoms with van der Waals surface area (Å²) in [6.45, 7) is 9.29. The van der Waals surface area contributed by atoms with E-state index in [1.54, 1.807) is 24.8 Å². The fraction of sp³-hybridized carbons (Fsp3) is 0.643. The lowest BCUT2D eigenvalue weighted by atomic mass is 10.0. The van der Waals surface area contributed by atoms with Crippen molar-refractivity contribution < 1.29 is 19.2 Å². The number of aromatic nitrogens is 1. The van der Waals surface area contributed by atoms with Gasteiger partial charge in [-0.15, -0.1) is 0 Å². The first-order chi connectivity index (χ1) is 9.68. The van der Waals surface area contributed by atoms with Gasteiger partial charge in [0.15, 0.2) is 0 Å². The third-order valence-electron chi connectivity index (χ3n) is 3.41. The number of carboxylic acids is 1. The van der Waals surface area contributed by atoms with Gasteiger partial charge in [0.1, 0.15) is 5.54 Å². The molecule has 0 spiro atoms. The maximum absolute atomic E-state index is 12.0. The number of hydrogen-bond donors (Lipinski definition) is 2. The first-order valence-electron chi connectivity index (χ1n) is 6.93. The topological polar surface area (TPSA) is 95.7 Å². The van der Waals surface area contributed by atoms with Crippen molar-refractivity contribution in [2.45, 2.75) is 46.1 Å². The Balaban J connectivity index is 2.69. The van der Waals surface area contributed by atoms with E-state index in [-0.39, 0.29) is 24.3 Å². The molecule has 1 heterocycles. The van der Waals surface area contributed by atoms with Crippen molar-refractivity contribution in [1.82, 2.24) is 10.1 Å². The van der Waals surface area contributed by atoms with E-state index >= 15 is 0 Å². The van der Waals surface area contributed by atoms with Gasteiger partial charge in [-0.25, -0.2) is 0 Å². The van der Waals surface area contributed by atoms with Crippen molar-refractivity contribution in [1.29, 1.82) is 0 Å². The largest absolute Gasteiger partial charge is 0.480 e. The summed E-state index contributed by atoms with van der Waals surface area (Å²) < 4.78 is 5.03. The minimum Gasteiger partial charge on any atom is -0.480 e. The van der Waals surface area contributed by atoms with Crippen LogP contribution in [-0.2, 0) is 9.59 Å². The van der Waals surface area contributed by atoms with Gasteiger partial charge >= 0.3 is 5.97 Å². The lowest BCUT2D eigenvalue weighted by Crippen LogP contribution is -2.52. The molecule has 0 aliphatic rings. The molecule has 0 unspecified atom stereocenters. The van der Waals surface area contributed by atoms with Gasteiger partial charge in [-0.05, 0) is 26.3 Å². The molecule has 0 fully saturated rings. The summed E-state index contributed by atoms with van der Waals surface area (Å²) >= 11 is 0. The van der Waals surface area contributed by atoms with Crippen molar-refractivity contribution in [2.24, 2.45) is 0 Å². The molecular formula is C14H23N3O4. The summed E-state index contributed by atoms with van der Waals surface area (Å²) in [5.41, 5.74) is -0.361. The molecule has 1 amide bonds. The zero-order valence-electron chi connectivity index (χ0n) is 13.1. The molecule has 2 N–H and O–H groups in total. The Morgan fingerprint density at radius 3 is 2.52 bits per heavy atom. The number of carbonyl (C=O) groups is 2. The highest BCUT2D eigenvalue weighted by Crippen LogP contribution is 2.18. The fourth-order valence-corrected chi connectivity index (χ4v) is 1.81. The summed E-state index contributed by atoms with van der Waals surface area (Å²) in [6, 6.07) is 1.67. The van der Waals surface area contributed by atoms with Crippen LogP contribution in [0.4, 0.5) is 5.88 Å². The molecule has 0 bridgehead atoms. The number of nitrogens with zero attached hydrogens (tertiary/aromatic N) is 2. The van der Waals surface area contributed by atoms with Crippen molar-refractivity contribution in [3.8, 4) is 0 Å². The number of likely N-dealkylation sites (N-methyl/N-ethyl adjacent to an activating group) is 1. The van der Waals surface area contributed by atoms with Crippen molar-refractivity contribution in [3.63, 3.8) is 0 Å². The van der Waals surface area contributed by atoms with Gasteiger partial charge in [0.2, 0.25) is 11.8 Å². The molecule has 0 aromatic carbocycles. The van der Waals surface area contributed by atoms with Crippen LogP contribution in [0.5, 0.6) is 0 Å². The zero-order valence-corrected chi connectivity index (χ0v) is 13.1. The number of rotatable bonds is 7. The minimum atomic E-state index is -1.11. The summed E-state index contributed by atoms with van der Waals surface area (Å²) in [7, 11) is 0. The maximum Gasteiger partial charge on any atom is 0.323 e. The SMILES string of the molecule is CCN(CC(=O)Nc1cc(C(C)C)no1)C(C)(C)C(=O)O. The Morgan fingerprint density at radius 2 is 2.10 bits per heavy atom. The molecule has 21 heavy (non-hydrogen) atoms. The number of carboxylic acid groups (broad SMARTS) is 1. The highest BCUT2D eigenvalue weighted by molar-refractivity contribution is 5.91. The first kappa shape index (κ1) is 17.2. The molecule has 0 aliphatic carbocycles. The average Bonchev–Trinajstić information content (AvgIpc) is 2.84.